The van der Waals surface area contributed by atoms with Gasteiger partial charge < -0.3 is 5.32 Å². The van der Waals surface area contributed by atoms with Crippen LogP contribution in [0.1, 0.15) is 26.7 Å². The van der Waals surface area contributed by atoms with Crippen LogP contribution in [0.5, 0.6) is 0 Å². The number of hydrogen-bond acceptors (Lipinski definition) is 1. The van der Waals surface area contributed by atoms with Crippen molar-refractivity contribution in [3.63, 3.8) is 0 Å². The van der Waals surface area contributed by atoms with Gasteiger partial charge in [0, 0.05) is 6.04 Å². The van der Waals surface area contributed by atoms with Crippen molar-refractivity contribution in [2.75, 3.05) is 6.54 Å². The molecule has 0 aromatic carbocycles. The fourth-order valence-electron chi connectivity index (χ4n) is 0.766. The summed E-state index contributed by atoms with van der Waals surface area (Å²) in [5.74, 6) is 0. The van der Waals surface area contributed by atoms with E-state index >= 15 is 0 Å². The van der Waals surface area contributed by atoms with Gasteiger partial charge in [-0.25, -0.2) is 0 Å². The average Bonchev–Trinajstić information content (AvgIpc) is 1.96. The molecule has 0 aliphatic carbocycles. The van der Waals surface area contributed by atoms with E-state index in [1.807, 2.05) is 6.08 Å². The van der Waals surface area contributed by atoms with Gasteiger partial charge in [-0.1, -0.05) is 32.1 Å². The summed E-state index contributed by atoms with van der Waals surface area (Å²) in [4.78, 5) is 0. The molecule has 0 saturated carbocycles. The molecular weight excluding hydrogens is 134 g/mol. The van der Waals surface area contributed by atoms with Crippen LogP contribution in [0.4, 0.5) is 0 Å². The van der Waals surface area contributed by atoms with Gasteiger partial charge in [0.2, 0.25) is 0 Å². The molecule has 1 nitrogen and oxygen atoms in total. The summed E-state index contributed by atoms with van der Waals surface area (Å²) in [5, 5.41) is 3.35. The molecule has 11 heavy (non-hydrogen) atoms. The van der Waals surface area contributed by atoms with Crippen molar-refractivity contribution >= 4 is 0 Å². The molecule has 0 aromatic rings. The van der Waals surface area contributed by atoms with Gasteiger partial charge in [0.05, 0.1) is 0 Å². The molecule has 0 fully saturated rings. The molecule has 1 heteroatoms. The monoisotopic (exact) mass is 153 g/mol. The first kappa shape index (κ1) is 10.4. The Morgan fingerprint density at radius 1 is 1.36 bits per heavy atom. The van der Waals surface area contributed by atoms with Crippen LogP contribution in [0, 0.1) is 0 Å². The summed E-state index contributed by atoms with van der Waals surface area (Å²) in [5.41, 5.74) is 0. The molecule has 0 radical (unpaired) electrons. The highest BCUT2D eigenvalue weighted by atomic mass is 14.9. The lowest BCUT2D eigenvalue weighted by Gasteiger charge is -2.04. The van der Waals surface area contributed by atoms with Gasteiger partial charge in [0.1, 0.15) is 0 Å². The second-order valence-electron chi connectivity index (χ2n) is 2.89. The molecule has 0 spiro atoms. The third-order valence-corrected chi connectivity index (χ3v) is 1.33. The Balaban J connectivity index is 3.07. The van der Waals surface area contributed by atoms with Crippen LogP contribution >= 0.6 is 0 Å². The molecule has 0 aromatic heterocycles. The van der Waals surface area contributed by atoms with Crippen molar-refractivity contribution in [3.05, 3.63) is 24.8 Å². The van der Waals surface area contributed by atoms with Crippen molar-refractivity contribution in [2.45, 2.75) is 32.7 Å². The molecule has 64 valence electrons. The average molecular weight is 153 g/mol. The predicted octanol–water partition coefficient (Wildman–Crippen LogP) is 2.51. The zero-order valence-corrected chi connectivity index (χ0v) is 7.64. The fraction of sp³-hybridized carbons (Fsp3) is 0.600. The molecule has 0 unspecified atom stereocenters. The van der Waals surface area contributed by atoms with Gasteiger partial charge in [0.15, 0.2) is 0 Å². The predicted molar refractivity (Wildman–Crippen MR) is 51.7 cm³/mol. The van der Waals surface area contributed by atoms with Crippen LogP contribution in [-0.2, 0) is 0 Å². The minimum Gasteiger partial charge on any atom is -0.314 e. The summed E-state index contributed by atoms with van der Waals surface area (Å²) < 4.78 is 0. The van der Waals surface area contributed by atoms with Crippen LogP contribution in [0.3, 0.4) is 0 Å². The largest absolute Gasteiger partial charge is 0.314 e. The van der Waals surface area contributed by atoms with E-state index in [4.69, 9.17) is 0 Å². The van der Waals surface area contributed by atoms with Gasteiger partial charge in [-0.15, -0.1) is 6.58 Å². The second kappa shape index (κ2) is 7.55. The van der Waals surface area contributed by atoms with Gasteiger partial charge >= 0.3 is 0 Å². The first-order valence-corrected chi connectivity index (χ1v) is 4.26. The first-order valence-electron chi connectivity index (χ1n) is 4.26. The first-order chi connectivity index (χ1) is 5.27. The normalized spacial score (nSPS) is 11.2. The van der Waals surface area contributed by atoms with Gasteiger partial charge in [0.25, 0.3) is 0 Å². The molecule has 0 saturated heterocycles. The van der Waals surface area contributed by atoms with Crippen LogP contribution < -0.4 is 5.32 Å². The van der Waals surface area contributed by atoms with Crippen LogP contribution in [0.25, 0.3) is 0 Å². The highest BCUT2D eigenvalue weighted by molar-refractivity contribution is 4.88. The van der Waals surface area contributed by atoms with Gasteiger partial charge in [-0.05, 0) is 19.4 Å². The summed E-state index contributed by atoms with van der Waals surface area (Å²) in [6.07, 6.45) is 8.35. The van der Waals surface area contributed by atoms with Gasteiger partial charge in [-0.2, -0.15) is 0 Å². The third-order valence-electron chi connectivity index (χ3n) is 1.33. The number of hydrogen-bond donors (Lipinski definition) is 1. The highest BCUT2D eigenvalue weighted by Crippen LogP contribution is 1.87. The standard InChI is InChI=1S/C10H19N/c1-4-5-6-7-8-9-11-10(2)3/h4,6-7,10-11H,1,5,8-9H2,2-3H3. The van der Waals surface area contributed by atoms with Gasteiger partial charge in [-0.3, -0.25) is 0 Å². The Morgan fingerprint density at radius 3 is 2.64 bits per heavy atom. The van der Waals surface area contributed by atoms with Crippen LogP contribution in [0.2, 0.25) is 0 Å². The molecule has 0 heterocycles. The molecule has 0 atom stereocenters. The van der Waals surface area contributed by atoms with E-state index in [1.165, 1.54) is 0 Å². The van der Waals surface area contributed by atoms with Crippen molar-refractivity contribution < 1.29 is 0 Å². The molecule has 0 aliphatic heterocycles. The lowest BCUT2D eigenvalue weighted by Crippen LogP contribution is -2.23. The SMILES string of the molecule is C=CCC=CCCNC(C)C. The Bertz CT molecular complexity index is 114. The number of nitrogens with one attached hydrogen (secondary N) is 1. The maximum Gasteiger partial charge on any atom is 0.00105 e. The number of rotatable bonds is 6. The van der Waals surface area contributed by atoms with E-state index in [0.29, 0.717) is 6.04 Å². The van der Waals surface area contributed by atoms with Crippen molar-refractivity contribution in [1.82, 2.24) is 5.32 Å². The van der Waals surface area contributed by atoms with Crippen molar-refractivity contribution in [3.8, 4) is 0 Å². The molecule has 0 aliphatic rings. The lowest BCUT2D eigenvalue weighted by atomic mass is 10.3. The summed E-state index contributed by atoms with van der Waals surface area (Å²) >= 11 is 0. The summed E-state index contributed by atoms with van der Waals surface area (Å²) in [7, 11) is 0. The van der Waals surface area contributed by atoms with E-state index < -0.39 is 0 Å². The lowest BCUT2D eigenvalue weighted by molar-refractivity contribution is 0.594. The second-order valence-corrected chi connectivity index (χ2v) is 2.89. The minimum absolute atomic E-state index is 0.600. The van der Waals surface area contributed by atoms with Crippen molar-refractivity contribution in [1.29, 1.82) is 0 Å². The van der Waals surface area contributed by atoms with E-state index in [1.54, 1.807) is 0 Å². The minimum atomic E-state index is 0.600. The Morgan fingerprint density at radius 2 is 2.09 bits per heavy atom. The van der Waals surface area contributed by atoms with E-state index in [9.17, 15) is 0 Å². The zero-order valence-electron chi connectivity index (χ0n) is 7.64. The van der Waals surface area contributed by atoms with Crippen LogP contribution in [0.15, 0.2) is 24.8 Å². The Labute approximate surface area is 70.2 Å². The Hall–Kier alpha value is -0.560. The van der Waals surface area contributed by atoms with E-state index in [-0.39, 0.29) is 0 Å². The summed E-state index contributed by atoms with van der Waals surface area (Å²) in [6, 6.07) is 0.600. The maximum atomic E-state index is 3.64. The Kier molecular flexibility index (Phi) is 7.16. The number of allylic oxidation sites excluding steroid dienone is 2. The summed E-state index contributed by atoms with van der Waals surface area (Å²) in [6.45, 7) is 9.03. The third kappa shape index (κ3) is 9.44. The molecule has 1 N–H and O–H groups in total. The maximum absolute atomic E-state index is 3.64. The zero-order chi connectivity index (χ0) is 8.53. The molecule has 0 bridgehead atoms. The molecular formula is C10H19N. The quantitative estimate of drug-likeness (QED) is 0.456. The molecule has 0 amide bonds. The highest BCUT2D eigenvalue weighted by Gasteiger charge is 1.87. The fourth-order valence-corrected chi connectivity index (χ4v) is 0.766. The topological polar surface area (TPSA) is 12.0 Å². The van der Waals surface area contributed by atoms with E-state index in [2.05, 4.69) is 37.9 Å². The van der Waals surface area contributed by atoms with E-state index in [0.717, 1.165) is 19.4 Å². The van der Waals surface area contributed by atoms with Crippen molar-refractivity contribution in [2.24, 2.45) is 0 Å². The molecule has 0 rings (SSSR count). The van der Waals surface area contributed by atoms with Crippen LogP contribution in [-0.4, -0.2) is 12.6 Å². The smallest absolute Gasteiger partial charge is 0.00105 e.